The van der Waals surface area contributed by atoms with E-state index in [1.54, 1.807) is 0 Å². The van der Waals surface area contributed by atoms with Crippen LogP contribution in [0.1, 0.15) is 5.56 Å². The Morgan fingerprint density at radius 2 is 1.69 bits per heavy atom. The molecule has 2 aromatic heterocycles. The number of hydrogen-bond acceptors (Lipinski definition) is 3. The number of hydrogen-bond donors (Lipinski definition) is 1. The molecule has 0 radical (unpaired) electrons. The number of rotatable bonds is 3. The maximum atomic E-state index is 13.2. The van der Waals surface area contributed by atoms with Gasteiger partial charge in [0.2, 0.25) is 5.82 Å². The average molecular weight is 343 g/mol. The molecule has 0 saturated carbocycles. The molecule has 1 N–H and O–H groups in total. The molecule has 0 amide bonds. The minimum atomic E-state index is -0.222. The molecule has 0 bridgehead atoms. The van der Waals surface area contributed by atoms with Crippen molar-refractivity contribution in [3.05, 3.63) is 78.1 Å². The van der Waals surface area contributed by atoms with Gasteiger partial charge in [0.25, 0.3) is 0 Å². The van der Waals surface area contributed by atoms with Crippen LogP contribution in [-0.2, 0) is 6.54 Å². The Morgan fingerprint density at radius 1 is 0.885 bits per heavy atom. The molecule has 0 unspecified atom stereocenters. The van der Waals surface area contributed by atoms with Crippen LogP contribution in [0, 0.1) is 5.82 Å². The van der Waals surface area contributed by atoms with Gasteiger partial charge in [-0.3, -0.25) is 0 Å². The van der Waals surface area contributed by atoms with Crippen LogP contribution in [0.2, 0.25) is 0 Å². The number of aromatic amines is 1. The molecule has 3 aromatic carbocycles. The number of para-hydroxylation sites is 1. The number of fused-ring (bicyclic) bond motifs is 3. The molecule has 26 heavy (non-hydrogen) atoms. The lowest BCUT2D eigenvalue weighted by atomic mass is 10.1. The minimum absolute atomic E-state index is 0.222. The van der Waals surface area contributed by atoms with E-state index < -0.39 is 0 Å². The lowest BCUT2D eigenvalue weighted by Crippen LogP contribution is -1.99. The lowest BCUT2D eigenvalue weighted by molar-refractivity contribution is 0.626. The van der Waals surface area contributed by atoms with Gasteiger partial charge < -0.3 is 4.57 Å². The van der Waals surface area contributed by atoms with Gasteiger partial charge in [-0.05, 0) is 47.2 Å². The molecular weight excluding hydrogens is 329 g/mol. The topological polar surface area (TPSA) is 59.4 Å². The fraction of sp³-hybridized carbons (Fsp3) is 0.0500. The number of tetrazole rings is 1. The Bertz CT molecular complexity index is 1210. The van der Waals surface area contributed by atoms with Gasteiger partial charge in [-0.25, -0.2) is 4.39 Å². The molecule has 5 rings (SSSR count). The second-order valence-corrected chi connectivity index (χ2v) is 6.20. The standard InChI is InChI=1S/C20H14FN5/c21-15-8-5-13(6-9-15)12-26-18-4-2-1-3-16(18)17-11-14(7-10-19(17)26)20-22-24-25-23-20/h1-11H,12H2,(H,22,23,24,25). The van der Waals surface area contributed by atoms with Crippen molar-refractivity contribution in [3.8, 4) is 11.4 Å². The first kappa shape index (κ1) is 14.8. The third-order valence-corrected chi connectivity index (χ3v) is 4.63. The van der Waals surface area contributed by atoms with E-state index in [0.717, 1.165) is 32.9 Å². The summed E-state index contributed by atoms with van der Waals surface area (Å²) in [6, 6.07) is 21.1. The van der Waals surface area contributed by atoms with E-state index in [2.05, 4.69) is 49.5 Å². The monoisotopic (exact) mass is 343 g/mol. The highest BCUT2D eigenvalue weighted by molar-refractivity contribution is 6.09. The normalized spacial score (nSPS) is 11.4. The molecule has 0 atom stereocenters. The van der Waals surface area contributed by atoms with Gasteiger partial charge in [0.05, 0.1) is 0 Å². The Hall–Kier alpha value is -3.54. The van der Waals surface area contributed by atoms with E-state index in [1.165, 1.54) is 12.1 Å². The van der Waals surface area contributed by atoms with Gasteiger partial charge in [-0.1, -0.05) is 30.3 Å². The van der Waals surface area contributed by atoms with E-state index >= 15 is 0 Å². The van der Waals surface area contributed by atoms with Gasteiger partial charge in [-0.2, -0.15) is 5.21 Å². The zero-order valence-corrected chi connectivity index (χ0v) is 13.7. The second-order valence-electron chi connectivity index (χ2n) is 6.20. The van der Waals surface area contributed by atoms with Crippen LogP contribution in [0.15, 0.2) is 66.7 Å². The number of aromatic nitrogens is 5. The fourth-order valence-corrected chi connectivity index (χ4v) is 3.42. The molecular formula is C20H14FN5. The van der Waals surface area contributed by atoms with E-state index in [-0.39, 0.29) is 5.82 Å². The van der Waals surface area contributed by atoms with Crippen LogP contribution in [0.3, 0.4) is 0 Å². The summed E-state index contributed by atoms with van der Waals surface area (Å²) < 4.78 is 15.5. The van der Waals surface area contributed by atoms with Crippen LogP contribution >= 0.6 is 0 Å². The van der Waals surface area contributed by atoms with Crippen molar-refractivity contribution >= 4 is 21.8 Å². The van der Waals surface area contributed by atoms with Crippen LogP contribution in [0.25, 0.3) is 33.2 Å². The Balaban J connectivity index is 1.72. The quantitative estimate of drug-likeness (QED) is 0.535. The highest BCUT2D eigenvalue weighted by Crippen LogP contribution is 2.32. The van der Waals surface area contributed by atoms with E-state index in [0.29, 0.717) is 12.4 Å². The molecule has 0 fully saturated rings. The molecule has 0 aliphatic rings. The number of nitrogens with zero attached hydrogens (tertiary/aromatic N) is 4. The Kier molecular flexibility index (Phi) is 3.28. The summed E-state index contributed by atoms with van der Waals surface area (Å²) in [5, 5.41) is 16.6. The molecule has 6 heteroatoms. The number of halogens is 1. The summed E-state index contributed by atoms with van der Waals surface area (Å²) in [4.78, 5) is 0. The summed E-state index contributed by atoms with van der Waals surface area (Å²) in [5.74, 6) is 0.350. The molecule has 126 valence electrons. The molecule has 5 nitrogen and oxygen atoms in total. The van der Waals surface area contributed by atoms with Crippen molar-refractivity contribution in [1.29, 1.82) is 0 Å². The predicted molar refractivity (Wildman–Crippen MR) is 98.1 cm³/mol. The summed E-state index contributed by atoms with van der Waals surface area (Å²) in [6.45, 7) is 0.672. The average Bonchev–Trinajstić information content (AvgIpc) is 3.31. The van der Waals surface area contributed by atoms with E-state index in [9.17, 15) is 4.39 Å². The van der Waals surface area contributed by atoms with Crippen molar-refractivity contribution in [2.75, 3.05) is 0 Å². The molecule has 0 spiro atoms. The van der Waals surface area contributed by atoms with Gasteiger partial charge in [-0.15, -0.1) is 10.2 Å². The van der Waals surface area contributed by atoms with Crippen molar-refractivity contribution < 1.29 is 4.39 Å². The van der Waals surface area contributed by atoms with Gasteiger partial charge in [0.1, 0.15) is 5.82 Å². The largest absolute Gasteiger partial charge is 0.336 e. The molecule has 0 saturated heterocycles. The molecule has 2 heterocycles. The van der Waals surface area contributed by atoms with E-state index in [4.69, 9.17) is 0 Å². The molecule has 5 aromatic rings. The first-order chi connectivity index (χ1) is 12.8. The Morgan fingerprint density at radius 3 is 2.50 bits per heavy atom. The van der Waals surface area contributed by atoms with E-state index in [1.807, 2.05) is 30.3 Å². The van der Waals surface area contributed by atoms with Crippen molar-refractivity contribution in [2.45, 2.75) is 6.54 Å². The SMILES string of the molecule is Fc1ccc(Cn2c3ccccc3c3cc(-c4nn[nH]n4)ccc32)cc1. The third kappa shape index (κ3) is 2.35. The zero-order valence-electron chi connectivity index (χ0n) is 13.7. The van der Waals surface area contributed by atoms with Crippen molar-refractivity contribution in [1.82, 2.24) is 25.2 Å². The van der Waals surface area contributed by atoms with Gasteiger partial charge >= 0.3 is 0 Å². The number of nitrogens with one attached hydrogen (secondary N) is 1. The highest BCUT2D eigenvalue weighted by Gasteiger charge is 2.13. The lowest BCUT2D eigenvalue weighted by Gasteiger charge is -2.08. The summed E-state index contributed by atoms with van der Waals surface area (Å²) >= 11 is 0. The second kappa shape index (κ2) is 5.77. The number of benzene rings is 3. The molecule has 0 aliphatic carbocycles. The maximum Gasteiger partial charge on any atom is 0.204 e. The highest BCUT2D eigenvalue weighted by atomic mass is 19.1. The van der Waals surface area contributed by atoms with Crippen molar-refractivity contribution in [2.24, 2.45) is 0 Å². The van der Waals surface area contributed by atoms with Crippen LogP contribution < -0.4 is 0 Å². The summed E-state index contributed by atoms with van der Waals surface area (Å²) in [5.41, 5.74) is 4.21. The van der Waals surface area contributed by atoms with Crippen LogP contribution in [0.4, 0.5) is 4.39 Å². The number of H-pyrrole nitrogens is 1. The minimum Gasteiger partial charge on any atom is -0.336 e. The summed E-state index contributed by atoms with van der Waals surface area (Å²) in [7, 11) is 0. The van der Waals surface area contributed by atoms with Crippen molar-refractivity contribution in [3.63, 3.8) is 0 Å². The third-order valence-electron chi connectivity index (χ3n) is 4.63. The fourth-order valence-electron chi connectivity index (χ4n) is 3.42. The molecule has 0 aliphatic heterocycles. The first-order valence-electron chi connectivity index (χ1n) is 8.29. The zero-order chi connectivity index (χ0) is 17.5. The van der Waals surface area contributed by atoms with Gasteiger partial charge in [0, 0.05) is 33.9 Å². The first-order valence-corrected chi connectivity index (χ1v) is 8.29. The smallest absolute Gasteiger partial charge is 0.204 e. The maximum absolute atomic E-state index is 13.2. The predicted octanol–water partition coefficient (Wildman–Crippen LogP) is 4.16. The van der Waals surface area contributed by atoms with Crippen LogP contribution in [0.5, 0.6) is 0 Å². The Labute approximate surface area is 148 Å². The van der Waals surface area contributed by atoms with Crippen LogP contribution in [-0.4, -0.2) is 25.2 Å². The summed E-state index contributed by atoms with van der Waals surface area (Å²) in [6.07, 6.45) is 0. The van der Waals surface area contributed by atoms with Gasteiger partial charge in [0.15, 0.2) is 0 Å².